The maximum Gasteiger partial charge on any atom is 0.307 e. The van der Waals surface area contributed by atoms with Crippen molar-refractivity contribution in [2.75, 3.05) is 18.8 Å². The molecule has 6 heteroatoms. The Labute approximate surface area is 129 Å². The highest BCUT2D eigenvalue weighted by molar-refractivity contribution is 9.11. The Morgan fingerprint density at radius 1 is 1.47 bits per heavy atom. The van der Waals surface area contributed by atoms with Crippen LogP contribution in [0.1, 0.15) is 18.4 Å². The molecule has 1 aliphatic heterocycles. The molecule has 3 N–H and O–H groups in total. The highest BCUT2D eigenvalue weighted by atomic mass is 79.9. The number of carboxylic acid groups (broad SMARTS) is 1. The fraction of sp³-hybridized carbons (Fsp3) is 0.462. The zero-order valence-corrected chi connectivity index (χ0v) is 13.6. The van der Waals surface area contributed by atoms with Gasteiger partial charge in [-0.3, -0.25) is 9.69 Å². The lowest BCUT2D eigenvalue weighted by Crippen LogP contribution is -2.38. The first-order chi connectivity index (χ1) is 8.97. The molecular weight excluding hydrogens is 376 g/mol. The van der Waals surface area contributed by atoms with Crippen LogP contribution in [0, 0.1) is 5.92 Å². The average molecular weight is 392 g/mol. The molecule has 1 heterocycles. The van der Waals surface area contributed by atoms with Crippen molar-refractivity contribution >= 4 is 43.5 Å². The number of aliphatic carboxylic acids is 1. The van der Waals surface area contributed by atoms with E-state index in [9.17, 15) is 4.79 Å². The van der Waals surface area contributed by atoms with Gasteiger partial charge in [0.1, 0.15) is 0 Å². The SMILES string of the molecule is Nc1c(Br)cc(Br)cc1CN1CCCC(C(=O)O)C1. The van der Waals surface area contributed by atoms with Gasteiger partial charge in [0.15, 0.2) is 0 Å². The molecule has 1 aromatic rings. The van der Waals surface area contributed by atoms with E-state index in [-0.39, 0.29) is 5.92 Å². The van der Waals surface area contributed by atoms with Crippen molar-refractivity contribution in [2.45, 2.75) is 19.4 Å². The van der Waals surface area contributed by atoms with Gasteiger partial charge in [-0.25, -0.2) is 0 Å². The number of halogens is 2. The molecule has 1 unspecified atom stereocenters. The summed E-state index contributed by atoms with van der Waals surface area (Å²) in [6.07, 6.45) is 1.69. The van der Waals surface area contributed by atoms with Crippen LogP contribution in [0.2, 0.25) is 0 Å². The fourth-order valence-corrected chi connectivity index (χ4v) is 3.72. The molecule has 104 valence electrons. The lowest BCUT2D eigenvalue weighted by molar-refractivity contribution is -0.143. The van der Waals surface area contributed by atoms with Gasteiger partial charge < -0.3 is 10.8 Å². The molecule has 0 aromatic heterocycles. The minimum Gasteiger partial charge on any atom is -0.481 e. The Morgan fingerprint density at radius 2 is 2.21 bits per heavy atom. The van der Waals surface area contributed by atoms with E-state index in [4.69, 9.17) is 10.8 Å². The van der Waals surface area contributed by atoms with Crippen molar-refractivity contribution in [2.24, 2.45) is 5.92 Å². The standard InChI is InChI=1S/C13H16Br2N2O2/c14-10-4-9(12(16)11(15)5-10)7-17-3-1-2-8(6-17)13(18)19/h4-5,8H,1-3,6-7,16H2,(H,18,19). The van der Waals surface area contributed by atoms with Crippen LogP contribution in [0.5, 0.6) is 0 Å². The highest BCUT2D eigenvalue weighted by Crippen LogP contribution is 2.30. The Kier molecular flexibility index (Phi) is 4.86. The first-order valence-electron chi connectivity index (χ1n) is 6.16. The topological polar surface area (TPSA) is 66.6 Å². The van der Waals surface area contributed by atoms with Crippen LogP contribution in [0.15, 0.2) is 21.1 Å². The van der Waals surface area contributed by atoms with Crippen molar-refractivity contribution < 1.29 is 9.90 Å². The summed E-state index contributed by atoms with van der Waals surface area (Å²) < 4.78 is 1.83. The van der Waals surface area contributed by atoms with Crippen LogP contribution in [-0.2, 0) is 11.3 Å². The lowest BCUT2D eigenvalue weighted by atomic mass is 9.98. The van der Waals surface area contributed by atoms with Crippen molar-refractivity contribution in [3.8, 4) is 0 Å². The Hall–Kier alpha value is -0.590. The van der Waals surface area contributed by atoms with E-state index in [1.54, 1.807) is 0 Å². The summed E-state index contributed by atoms with van der Waals surface area (Å²) >= 11 is 6.88. The number of benzene rings is 1. The number of anilines is 1. The van der Waals surface area contributed by atoms with Crippen LogP contribution in [0.25, 0.3) is 0 Å². The molecule has 1 saturated heterocycles. The van der Waals surface area contributed by atoms with Crippen molar-refractivity contribution in [3.05, 3.63) is 26.6 Å². The smallest absolute Gasteiger partial charge is 0.307 e. The van der Waals surface area contributed by atoms with Gasteiger partial charge in [-0.2, -0.15) is 0 Å². The van der Waals surface area contributed by atoms with Crippen LogP contribution in [0.3, 0.4) is 0 Å². The zero-order chi connectivity index (χ0) is 14.0. The molecule has 0 radical (unpaired) electrons. The van der Waals surface area contributed by atoms with E-state index in [2.05, 4.69) is 36.8 Å². The first kappa shape index (κ1) is 14.8. The van der Waals surface area contributed by atoms with Crippen LogP contribution in [-0.4, -0.2) is 29.1 Å². The number of nitrogens with zero attached hydrogens (tertiary/aromatic N) is 1. The third kappa shape index (κ3) is 3.70. The van der Waals surface area contributed by atoms with E-state index in [1.807, 2.05) is 12.1 Å². The fourth-order valence-electron chi connectivity index (χ4n) is 2.41. The number of carbonyl (C=O) groups is 1. The summed E-state index contributed by atoms with van der Waals surface area (Å²) in [5, 5.41) is 9.10. The van der Waals surface area contributed by atoms with Crippen molar-refractivity contribution in [1.82, 2.24) is 4.90 Å². The van der Waals surface area contributed by atoms with Gasteiger partial charge in [-0.1, -0.05) is 15.9 Å². The summed E-state index contributed by atoms with van der Waals surface area (Å²) in [5.41, 5.74) is 7.80. The molecule has 1 aromatic carbocycles. The number of likely N-dealkylation sites (tertiary alicyclic amines) is 1. The number of rotatable bonds is 3. The summed E-state index contributed by atoms with van der Waals surface area (Å²) in [4.78, 5) is 13.2. The molecule has 1 fully saturated rings. The number of hydrogen-bond donors (Lipinski definition) is 2. The van der Waals surface area contributed by atoms with Gasteiger partial charge in [0.25, 0.3) is 0 Å². The van der Waals surface area contributed by atoms with Gasteiger partial charge in [-0.05, 0) is 53.0 Å². The predicted octanol–water partition coefficient (Wildman–Crippen LogP) is 3.09. The number of nitrogens with two attached hydrogens (primary N) is 1. The second kappa shape index (κ2) is 6.24. The quantitative estimate of drug-likeness (QED) is 0.777. The molecule has 0 spiro atoms. The van der Waals surface area contributed by atoms with E-state index < -0.39 is 5.97 Å². The van der Waals surface area contributed by atoms with Gasteiger partial charge >= 0.3 is 5.97 Å². The van der Waals surface area contributed by atoms with Gasteiger partial charge in [-0.15, -0.1) is 0 Å². The summed E-state index contributed by atoms with van der Waals surface area (Å²) in [6, 6.07) is 3.90. The van der Waals surface area contributed by atoms with Crippen LogP contribution < -0.4 is 5.73 Å². The molecule has 1 aliphatic rings. The van der Waals surface area contributed by atoms with Crippen molar-refractivity contribution in [3.63, 3.8) is 0 Å². The molecule has 1 atom stereocenters. The zero-order valence-electron chi connectivity index (χ0n) is 10.4. The monoisotopic (exact) mass is 390 g/mol. The predicted molar refractivity (Wildman–Crippen MR) is 81.9 cm³/mol. The third-order valence-electron chi connectivity index (χ3n) is 3.43. The lowest BCUT2D eigenvalue weighted by Gasteiger charge is -2.31. The molecule has 4 nitrogen and oxygen atoms in total. The third-order valence-corrected chi connectivity index (χ3v) is 4.54. The number of carboxylic acids is 1. The second-order valence-electron chi connectivity index (χ2n) is 4.87. The van der Waals surface area contributed by atoms with E-state index in [0.29, 0.717) is 13.1 Å². The van der Waals surface area contributed by atoms with Crippen LogP contribution in [0.4, 0.5) is 5.69 Å². The molecule has 0 saturated carbocycles. The molecule has 0 aliphatic carbocycles. The van der Waals surface area contributed by atoms with Crippen molar-refractivity contribution in [1.29, 1.82) is 0 Å². The summed E-state index contributed by atoms with van der Waals surface area (Å²) in [7, 11) is 0. The van der Waals surface area contributed by atoms with E-state index >= 15 is 0 Å². The molecule has 0 bridgehead atoms. The number of piperidine rings is 1. The molecule has 2 rings (SSSR count). The maximum absolute atomic E-state index is 11.1. The summed E-state index contributed by atoms with van der Waals surface area (Å²) in [5.74, 6) is -0.960. The normalized spacial score (nSPS) is 20.4. The van der Waals surface area contributed by atoms with Gasteiger partial charge in [0, 0.05) is 22.0 Å². The highest BCUT2D eigenvalue weighted by Gasteiger charge is 2.25. The summed E-state index contributed by atoms with van der Waals surface area (Å²) in [6.45, 7) is 2.21. The molecule has 19 heavy (non-hydrogen) atoms. The Balaban J connectivity index is 2.11. The minimum atomic E-state index is -0.701. The molecule has 0 amide bonds. The largest absolute Gasteiger partial charge is 0.481 e. The first-order valence-corrected chi connectivity index (χ1v) is 7.74. The second-order valence-corrected chi connectivity index (χ2v) is 6.64. The molecular formula is C13H16Br2N2O2. The van der Waals surface area contributed by atoms with E-state index in [1.165, 1.54) is 0 Å². The maximum atomic E-state index is 11.1. The Bertz CT molecular complexity index is 494. The van der Waals surface area contributed by atoms with Gasteiger partial charge in [0.2, 0.25) is 0 Å². The number of hydrogen-bond acceptors (Lipinski definition) is 3. The van der Waals surface area contributed by atoms with Crippen LogP contribution >= 0.6 is 31.9 Å². The number of nitrogen functional groups attached to an aromatic ring is 1. The minimum absolute atomic E-state index is 0.259. The Morgan fingerprint density at radius 3 is 2.89 bits per heavy atom. The van der Waals surface area contributed by atoms with Gasteiger partial charge in [0.05, 0.1) is 11.6 Å². The van der Waals surface area contributed by atoms with E-state index in [0.717, 1.165) is 39.6 Å². The average Bonchev–Trinajstić information content (AvgIpc) is 2.35.